The molecule has 4 heteroatoms. The highest BCUT2D eigenvalue weighted by atomic mass is 16.1. The van der Waals surface area contributed by atoms with Gasteiger partial charge in [0.25, 0.3) is 0 Å². The van der Waals surface area contributed by atoms with Crippen molar-refractivity contribution in [2.75, 3.05) is 7.05 Å². The molecule has 0 radical (unpaired) electrons. The Morgan fingerprint density at radius 1 is 1.24 bits per heavy atom. The molecule has 1 amide bonds. The number of aromatic nitrogens is 2. The summed E-state index contributed by atoms with van der Waals surface area (Å²) in [5.41, 5.74) is 6.10. The Morgan fingerprint density at radius 3 is 2.68 bits per heavy atom. The van der Waals surface area contributed by atoms with E-state index in [1.165, 1.54) is 22.3 Å². The fourth-order valence-corrected chi connectivity index (χ4v) is 3.70. The van der Waals surface area contributed by atoms with E-state index in [1.54, 1.807) is 7.05 Å². The fraction of sp³-hybridized carbons (Fsp3) is 0.333. The third kappa shape index (κ3) is 2.72. The lowest BCUT2D eigenvalue weighted by molar-refractivity contribution is -0.121. The van der Waals surface area contributed by atoms with Crippen LogP contribution in [0.15, 0.2) is 42.6 Å². The van der Waals surface area contributed by atoms with Crippen LogP contribution in [0.3, 0.4) is 0 Å². The van der Waals surface area contributed by atoms with Gasteiger partial charge < -0.3 is 5.32 Å². The van der Waals surface area contributed by atoms with E-state index in [0.717, 1.165) is 23.7 Å². The molecule has 0 spiro atoms. The Hall–Kier alpha value is -2.62. The fourth-order valence-electron chi connectivity index (χ4n) is 3.70. The monoisotopic (exact) mass is 333 g/mol. The maximum absolute atomic E-state index is 12.0. The zero-order valence-corrected chi connectivity index (χ0v) is 14.9. The van der Waals surface area contributed by atoms with E-state index in [1.807, 2.05) is 17.9 Å². The summed E-state index contributed by atoms with van der Waals surface area (Å²) < 4.78 is 1.92. The van der Waals surface area contributed by atoms with Crippen molar-refractivity contribution in [1.29, 1.82) is 0 Å². The molecular formula is C21H23N3O. The van der Waals surface area contributed by atoms with Gasteiger partial charge in [0.2, 0.25) is 5.91 Å². The van der Waals surface area contributed by atoms with Gasteiger partial charge >= 0.3 is 0 Å². The van der Waals surface area contributed by atoms with Gasteiger partial charge in [0, 0.05) is 25.4 Å². The summed E-state index contributed by atoms with van der Waals surface area (Å²) in [7, 11) is 3.68. The first-order valence-corrected chi connectivity index (χ1v) is 8.89. The van der Waals surface area contributed by atoms with Gasteiger partial charge in [0.15, 0.2) is 0 Å². The van der Waals surface area contributed by atoms with Crippen molar-refractivity contribution in [2.45, 2.75) is 25.7 Å². The molecule has 128 valence electrons. The van der Waals surface area contributed by atoms with Crippen LogP contribution >= 0.6 is 0 Å². The summed E-state index contributed by atoms with van der Waals surface area (Å²) in [6.45, 7) is 2.17. The average molecular weight is 333 g/mol. The van der Waals surface area contributed by atoms with E-state index in [2.05, 4.69) is 53.7 Å². The van der Waals surface area contributed by atoms with Crippen molar-refractivity contribution in [3.8, 4) is 11.1 Å². The van der Waals surface area contributed by atoms with Gasteiger partial charge in [-0.05, 0) is 47.1 Å². The maximum atomic E-state index is 12.0. The van der Waals surface area contributed by atoms with Crippen molar-refractivity contribution in [2.24, 2.45) is 13.0 Å². The summed E-state index contributed by atoms with van der Waals surface area (Å²) in [6, 6.07) is 13.2. The summed E-state index contributed by atoms with van der Waals surface area (Å²) >= 11 is 0. The zero-order valence-electron chi connectivity index (χ0n) is 14.9. The normalized spacial score (nSPS) is 19.2. The van der Waals surface area contributed by atoms with Crippen LogP contribution < -0.4 is 5.32 Å². The quantitative estimate of drug-likeness (QED) is 0.792. The molecule has 3 aromatic rings. The zero-order chi connectivity index (χ0) is 17.6. The molecule has 1 fully saturated rings. The molecule has 1 aliphatic carbocycles. The summed E-state index contributed by atoms with van der Waals surface area (Å²) in [4.78, 5) is 12.0. The molecule has 4 nitrogen and oxygen atoms in total. The maximum Gasteiger partial charge on any atom is 0.223 e. The minimum Gasteiger partial charge on any atom is -0.359 e. The second-order valence-electron chi connectivity index (χ2n) is 6.88. The summed E-state index contributed by atoms with van der Waals surface area (Å²) in [5, 5.41) is 8.37. The number of aryl methyl sites for hydroxylation is 2. The van der Waals surface area contributed by atoms with Crippen molar-refractivity contribution in [3.63, 3.8) is 0 Å². The van der Waals surface area contributed by atoms with Crippen LogP contribution in [0, 0.1) is 5.92 Å². The Labute approximate surface area is 147 Å². The number of rotatable bonds is 4. The molecule has 0 saturated heterocycles. The molecule has 0 bridgehead atoms. The number of benzene rings is 2. The highest BCUT2D eigenvalue weighted by Gasteiger charge is 2.44. The van der Waals surface area contributed by atoms with Crippen molar-refractivity contribution >= 4 is 16.8 Å². The smallest absolute Gasteiger partial charge is 0.223 e. The first-order valence-electron chi connectivity index (χ1n) is 8.89. The first-order chi connectivity index (χ1) is 12.1. The SMILES string of the molecule is CCc1ccc(-c2cc([C@@H]3C[C@H]3C(=O)NC)c3cnn(C)c3c2)cc1. The number of hydrogen-bond acceptors (Lipinski definition) is 2. The molecule has 4 rings (SSSR count). The molecule has 2 atom stereocenters. The first kappa shape index (κ1) is 15.9. The standard InChI is InChI=1S/C21H23N3O/c1-4-13-5-7-14(8-6-13)15-9-16(17-11-18(17)21(25)22-2)19-12-23-24(3)20(19)10-15/h5-10,12,17-18H,4,11H2,1-3H3,(H,22,25)/t17-,18+/m0/s1. The van der Waals surface area contributed by atoms with Crippen LogP contribution in [0.5, 0.6) is 0 Å². The van der Waals surface area contributed by atoms with Crippen LogP contribution in [0.2, 0.25) is 0 Å². The molecule has 1 aromatic heterocycles. The lowest BCUT2D eigenvalue weighted by Gasteiger charge is -2.09. The average Bonchev–Trinajstić information content (AvgIpc) is 3.37. The lowest BCUT2D eigenvalue weighted by Crippen LogP contribution is -2.20. The van der Waals surface area contributed by atoms with Gasteiger partial charge in [-0.25, -0.2) is 0 Å². The number of fused-ring (bicyclic) bond motifs is 1. The van der Waals surface area contributed by atoms with Crippen LogP contribution in [0.1, 0.15) is 30.4 Å². The van der Waals surface area contributed by atoms with E-state index in [4.69, 9.17) is 0 Å². The van der Waals surface area contributed by atoms with E-state index < -0.39 is 0 Å². The number of hydrogen-bond donors (Lipinski definition) is 1. The molecular weight excluding hydrogens is 310 g/mol. The van der Waals surface area contributed by atoms with Gasteiger partial charge in [-0.1, -0.05) is 37.3 Å². The Bertz CT molecular complexity index is 940. The van der Waals surface area contributed by atoms with Gasteiger partial charge in [-0.15, -0.1) is 0 Å². The van der Waals surface area contributed by atoms with Gasteiger partial charge in [-0.3, -0.25) is 9.48 Å². The van der Waals surface area contributed by atoms with Crippen LogP contribution in [0.25, 0.3) is 22.0 Å². The summed E-state index contributed by atoms with van der Waals surface area (Å²) in [5.74, 6) is 0.521. The van der Waals surface area contributed by atoms with Gasteiger partial charge in [0.1, 0.15) is 0 Å². The summed E-state index contributed by atoms with van der Waals surface area (Å²) in [6.07, 6.45) is 3.89. The topological polar surface area (TPSA) is 46.9 Å². The van der Waals surface area contributed by atoms with E-state index in [9.17, 15) is 4.79 Å². The van der Waals surface area contributed by atoms with E-state index in [0.29, 0.717) is 5.92 Å². The largest absolute Gasteiger partial charge is 0.359 e. The molecule has 1 N–H and O–H groups in total. The molecule has 25 heavy (non-hydrogen) atoms. The second kappa shape index (κ2) is 6.03. The van der Waals surface area contributed by atoms with E-state index >= 15 is 0 Å². The Balaban J connectivity index is 1.81. The predicted molar refractivity (Wildman–Crippen MR) is 100 cm³/mol. The number of nitrogens with one attached hydrogen (secondary N) is 1. The molecule has 0 aliphatic heterocycles. The highest BCUT2D eigenvalue weighted by molar-refractivity contribution is 5.91. The number of carbonyl (C=O) groups is 1. The molecule has 0 unspecified atom stereocenters. The lowest BCUT2D eigenvalue weighted by atomic mass is 9.96. The van der Waals surface area contributed by atoms with Gasteiger partial charge in [-0.2, -0.15) is 5.10 Å². The van der Waals surface area contributed by atoms with Crippen LogP contribution in [-0.2, 0) is 18.3 Å². The molecule has 1 heterocycles. The van der Waals surface area contributed by atoms with E-state index in [-0.39, 0.29) is 11.8 Å². The van der Waals surface area contributed by atoms with Crippen molar-refractivity contribution in [1.82, 2.24) is 15.1 Å². The second-order valence-corrected chi connectivity index (χ2v) is 6.88. The van der Waals surface area contributed by atoms with Crippen LogP contribution in [0.4, 0.5) is 0 Å². The Kier molecular flexibility index (Phi) is 3.83. The minimum atomic E-state index is 0.0890. The van der Waals surface area contributed by atoms with Crippen molar-refractivity contribution in [3.05, 3.63) is 53.7 Å². The predicted octanol–water partition coefficient (Wildman–Crippen LogP) is 3.65. The number of amides is 1. The highest BCUT2D eigenvalue weighted by Crippen LogP contribution is 2.50. The molecule has 1 saturated carbocycles. The molecule has 2 aromatic carbocycles. The van der Waals surface area contributed by atoms with Gasteiger partial charge in [0.05, 0.1) is 11.7 Å². The van der Waals surface area contributed by atoms with Crippen LogP contribution in [-0.4, -0.2) is 22.7 Å². The number of nitrogens with zero attached hydrogens (tertiary/aromatic N) is 2. The third-order valence-corrected chi connectivity index (χ3v) is 5.37. The third-order valence-electron chi connectivity index (χ3n) is 5.37. The minimum absolute atomic E-state index is 0.0890. The molecule has 1 aliphatic rings. The number of carbonyl (C=O) groups excluding carboxylic acids is 1. The Morgan fingerprint density at radius 2 is 2.00 bits per heavy atom. The van der Waals surface area contributed by atoms with Crippen molar-refractivity contribution < 1.29 is 4.79 Å².